The van der Waals surface area contributed by atoms with Crippen LogP contribution in [0, 0.1) is 0 Å². The van der Waals surface area contributed by atoms with Gasteiger partial charge in [0.05, 0.1) is 6.10 Å². The van der Waals surface area contributed by atoms with Gasteiger partial charge in [-0.1, -0.05) is 0 Å². The molecule has 1 saturated heterocycles. The van der Waals surface area contributed by atoms with Crippen molar-refractivity contribution in [1.82, 2.24) is 0 Å². The summed E-state index contributed by atoms with van der Waals surface area (Å²) in [7, 11) is 0. The molecule has 0 spiro atoms. The Morgan fingerprint density at radius 2 is 2.36 bits per heavy atom. The summed E-state index contributed by atoms with van der Waals surface area (Å²) in [6, 6.07) is 0. The van der Waals surface area contributed by atoms with E-state index in [9.17, 15) is 4.79 Å². The van der Waals surface area contributed by atoms with Gasteiger partial charge >= 0.3 is 5.97 Å². The van der Waals surface area contributed by atoms with E-state index in [2.05, 4.69) is 0 Å². The van der Waals surface area contributed by atoms with E-state index >= 15 is 0 Å². The van der Waals surface area contributed by atoms with E-state index in [0.717, 1.165) is 12.8 Å². The molecule has 0 N–H and O–H groups in total. The van der Waals surface area contributed by atoms with Crippen LogP contribution in [0.15, 0.2) is 0 Å². The monoisotopic (exact) mass is 158 g/mol. The first-order valence-electron chi connectivity index (χ1n) is 4.02. The molecule has 1 atom stereocenters. The molecular formula is C8H14O3. The molecule has 11 heavy (non-hydrogen) atoms. The Morgan fingerprint density at radius 3 is 2.82 bits per heavy atom. The van der Waals surface area contributed by atoms with Crippen LogP contribution in [0.3, 0.4) is 0 Å². The fraction of sp³-hybridized carbons (Fsp3) is 0.875. The van der Waals surface area contributed by atoms with E-state index in [1.807, 2.05) is 13.8 Å². The normalized spacial score (nSPS) is 24.1. The molecule has 0 bridgehead atoms. The maximum absolute atomic E-state index is 11.1. The first-order chi connectivity index (χ1) is 5.20. The highest BCUT2D eigenvalue weighted by Crippen LogP contribution is 2.13. The molecule has 0 aromatic carbocycles. The van der Waals surface area contributed by atoms with Gasteiger partial charge in [0.15, 0.2) is 6.10 Å². The van der Waals surface area contributed by atoms with Crippen molar-refractivity contribution in [2.24, 2.45) is 0 Å². The van der Waals surface area contributed by atoms with E-state index in [4.69, 9.17) is 9.47 Å². The minimum Gasteiger partial charge on any atom is -0.461 e. The second-order valence-corrected chi connectivity index (χ2v) is 2.99. The molecule has 0 radical (unpaired) electrons. The molecule has 0 aliphatic carbocycles. The minimum atomic E-state index is -0.294. The molecular weight excluding hydrogens is 144 g/mol. The Balaban J connectivity index is 2.28. The van der Waals surface area contributed by atoms with Crippen molar-refractivity contribution < 1.29 is 14.3 Å². The molecule has 1 aliphatic rings. The fourth-order valence-electron chi connectivity index (χ4n) is 1.07. The number of carbonyl (C=O) groups excluding carboxylic acids is 1. The van der Waals surface area contributed by atoms with Crippen LogP contribution < -0.4 is 0 Å². The third-order valence-corrected chi connectivity index (χ3v) is 1.54. The SMILES string of the molecule is CC(C)OC(=O)[C@H]1CCCO1. The zero-order valence-corrected chi connectivity index (χ0v) is 7.00. The van der Waals surface area contributed by atoms with Crippen molar-refractivity contribution in [2.75, 3.05) is 6.61 Å². The summed E-state index contributed by atoms with van der Waals surface area (Å²) in [6.07, 6.45) is 1.45. The van der Waals surface area contributed by atoms with Crippen LogP contribution in [0.25, 0.3) is 0 Å². The Hall–Kier alpha value is -0.570. The highest BCUT2D eigenvalue weighted by molar-refractivity contribution is 5.75. The maximum Gasteiger partial charge on any atom is 0.335 e. The number of rotatable bonds is 2. The lowest BCUT2D eigenvalue weighted by atomic mass is 10.2. The fourth-order valence-corrected chi connectivity index (χ4v) is 1.07. The molecule has 64 valence electrons. The highest BCUT2D eigenvalue weighted by Gasteiger charge is 2.25. The highest BCUT2D eigenvalue weighted by atomic mass is 16.6. The zero-order valence-electron chi connectivity index (χ0n) is 7.00. The van der Waals surface area contributed by atoms with Gasteiger partial charge in [0.25, 0.3) is 0 Å². The summed E-state index contributed by atoms with van der Waals surface area (Å²) in [4.78, 5) is 11.1. The molecule has 3 heteroatoms. The summed E-state index contributed by atoms with van der Waals surface area (Å²) in [5.41, 5.74) is 0. The second-order valence-electron chi connectivity index (χ2n) is 2.99. The first-order valence-corrected chi connectivity index (χ1v) is 4.02. The molecule has 0 aromatic rings. The molecule has 1 rings (SSSR count). The molecule has 0 saturated carbocycles. The lowest BCUT2D eigenvalue weighted by Gasteiger charge is -2.11. The molecule has 0 unspecified atom stereocenters. The molecule has 1 aliphatic heterocycles. The predicted octanol–water partition coefficient (Wildman–Crippen LogP) is 1.12. The van der Waals surface area contributed by atoms with Crippen molar-refractivity contribution in [3.63, 3.8) is 0 Å². The Morgan fingerprint density at radius 1 is 1.64 bits per heavy atom. The molecule has 1 fully saturated rings. The molecule has 3 nitrogen and oxygen atoms in total. The standard InChI is InChI=1S/C8H14O3/c1-6(2)11-8(9)7-4-3-5-10-7/h6-7H,3-5H2,1-2H3/t7-/m1/s1. The van der Waals surface area contributed by atoms with E-state index in [0.29, 0.717) is 6.61 Å². The summed E-state index contributed by atoms with van der Waals surface area (Å²) in [5, 5.41) is 0. The summed E-state index contributed by atoms with van der Waals surface area (Å²) in [6.45, 7) is 4.37. The van der Waals surface area contributed by atoms with Gasteiger partial charge in [-0.2, -0.15) is 0 Å². The maximum atomic E-state index is 11.1. The van der Waals surface area contributed by atoms with Gasteiger partial charge < -0.3 is 9.47 Å². The smallest absolute Gasteiger partial charge is 0.335 e. The van der Waals surface area contributed by atoms with Crippen molar-refractivity contribution in [3.8, 4) is 0 Å². The predicted molar refractivity (Wildman–Crippen MR) is 40.2 cm³/mol. The van der Waals surface area contributed by atoms with E-state index in [1.165, 1.54) is 0 Å². The van der Waals surface area contributed by atoms with E-state index < -0.39 is 0 Å². The van der Waals surface area contributed by atoms with Crippen LogP contribution in [0.5, 0.6) is 0 Å². The van der Waals surface area contributed by atoms with Crippen LogP contribution in [0.4, 0.5) is 0 Å². The van der Waals surface area contributed by atoms with Crippen molar-refractivity contribution in [3.05, 3.63) is 0 Å². The van der Waals surface area contributed by atoms with E-state index in [-0.39, 0.29) is 18.2 Å². The summed E-state index contributed by atoms with van der Waals surface area (Å²) in [5.74, 6) is -0.211. The summed E-state index contributed by atoms with van der Waals surface area (Å²) >= 11 is 0. The number of ether oxygens (including phenoxy) is 2. The lowest BCUT2D eigenvalue weighted by molar-refractivity contribution is -0.158. The van der Waals surface area contributed by atoms with Crippen LogP contribution in [0.2, 0.25) is 0 Å². The van der Waals surface area contributed by atoms with Gasteiger partial charge in [0.2, 0.25) is 0 Å². The van der Waals surface area contributed by atoms with Gasteiger partial charge in [-0.3, -0.25) is 0 Å². The zero-order chi connectivity index (χ0) is 8.27. The van der Waals surface area contributed by atoms with Gasteiger partial charge in [-0.05, 0) is 26.7 Å². The summed E-state index contributed by atoms with van der Waals surface area (Å²) < 4.78 is 10.1. The molecule has 1 heterocycles. The van der Waals surface area contributed by atoms with Crippen molar-refractivity contribution in [2.45, 2.75) is 38.9 Å². The topological polar surface area (TPSA) is 35.5 Å². The van der Waals surface area contributed by atoms with Gasteiger partial charge in [-0.25, -0.2) is 4.79 Å². The third-order valence-electron chi connectivity index (χ3n) is 1.54. The van der Waals surface area contributed by atoms with Gasteiger partial charge in [0.1, 0.15) is 0 Å². The van der Waals surface area contributed by atoms with Gasteiger partial charge in [-0.15, -0.1) is 0 Å². The number of carbonyl (C=O) groups is 1. The second kappa shape index (κ2) is 3.72. The molecule has 0 aromatic heterocycles. The van der Waals surface area contributed by atoms with Gasteiger partial charge in [0, 0.05) is 6.61 Å². The Labute approximate surface area is 66.7 Å². The van der Waals surface area contributed by atoms with E-state index in [1.54, 1.807) is 0 Å². The Bertz CT molecular complexity index is 136. The first kappa shape index (κ1) is 8.53. The largest absolute Gasteiger partial charge is 0.461 e. The van der Waals surface area contributed by atoms with Crippen LogP contribution in [0.1, 0.15) is 26.7 Å². The van der Waals surface area contributed by atoms with Crippen LogP contribution in [-0.2, 0) is 14.3 Å². The lowest BCUT2D eigenvalue weighted by Crippen LogP contribution is -2.24. The number of hydrogen-bond donors (Lipinski definition) is 0. The van der Waals surface area contributed by atoms with Crippen LogP contribution in [-0.4, -0.2) is 24.8 Å². The average Bonchev–Trinajstić information content (AvgIpc) is 2.35. The van der Waals surface area contributed by atoms with Crippen molar-refractivity contribution in [1.29, 1.82) is 0 Å². The third kappa shape index (κ3) is 2.50. The average molecular weight is 158 g/mol. The quantitative estimate of drug-likeness (QED) is 0.565. The Kier molecular flexibility index (Phi) is 2.88. The number of hydrogen-bond acceptors (Lipinski definition) is 3. The molecule has 0 amide bonds. The van der Waals surface area contributed by atoms with Crippen LogP contribution >= 0.6 is 0 Å². The number of esters is 1. The van der Waals surface area contributed by atoms with Crippen molar-refractivity contribution >= 4 is 5.97 Å². The minimum absolute atomic E-state index is 0.0355.